The monoisotopic (exact) mass is 409 g/mol. The molecule has 0 aliphatic rings. The molecule has 27 heavy (non-hydrogen) atoms. The number of phosphoric ester groups is 1. The maximum Gasteiger partial charge on any atom is 0.267 e. The van der Waals surface area contributed by atoms with E-state index in [1.807, 2.05) is 0 Å². The molecule has 9 heteroatoms. The predicted molar refractivity (Wildman–Crippen MR) is 99.9 cm³/mol. The summed E-state index contributed by atoms with van der Waals surface area (Å²) in [5.41, 5.74) is 0. The summed E-state index contributed by atoms with van der Waals surface area (Å²) in [5, 5.41) is 20.1. The van der Waals surface area contributed by atoms with Gasteiger partial charge in [0.05, 0.1) is 25.3 Å². The van der Waals surface area contributed by atoms with Crippen molar-refractivity contribution in [1.82, 2.24) is 4.90 Å². The van der Waals surface area contributed by atoms with Gasteiger partial charge >= 0.3 is 0 Å². The molecule has 0 aromatic heterocycles. The molecule has 0 saturated carbocycles. The molecule has 2 atom stereocenters. The third-order valence-electron chi connectivity index (χ3n) is 4.09. The van der Waals surface area contributed by atoms with Crippen molar-refractivity contribution in [3.05, 3.63) is 0 Å². The minimum absolute atomic E-state index is 0.0492. The smallest absolute Gasteiger partial charge is 0.267 e. The van der Waals surface area contributed by atoms with Gasteiger partial charge in [-0.25, -0.2) is 0 Å². The highest BCUT2D eigenvalue weighted by atomic mass is 31.2. The first-order valence-corrected chi connectivity index (χ1v) is 11.4. The van der Waals surface area contributed by atoms with E-state index in [4.69, 9.17) is 4.52 Å². The van der Waals surface area contributed by atoms with Crippen LogP contribution in [0.1, 0.15) is 71.1 Å². The van der Waals surface area contributed by atoms with Crippen LogP contribution < -0.4 is 10.00 Å². The third-order valence-corrected chi connectivity index (χ3v) is 5.06. The number of aliphatic hydroxyl groups excluding tert-OH is 1. The molecule has 0 rings (SSSR count). The minimum atomic E-state index is -4.45. The summed E-state index contributed by atoms with van der Waals surface area (Å²) in [5.74, 6) is -1.28. The van der Waals surface area contributed by atoms with Crippen LogP contribution in [0.5, 0.6) is 0 Å². The zero-order chi connectivity index (χ0) is 20.5. The maximum atomic E-state index is 11.6. The van der Waals surface area contributed by atoms with Crippen LogP contribution in [0.4, 0.5) is 0 Å². The fourth-order valence-corrected chi connectivity index (χ4v) is 3.46. The highest BCUT2D eigenvalue weighted by molar-refractivity contribution is 7.45. The molecule has 0 fully saturated rings. The summed E-state index contributed by atoms with van der Waals surface area (Å²) in [6.45, 7) is 1.39. The Kier molecular flexibility index (Phi) is 16.1. The van der Waals surface area contributed by atoms with E-state index in [2.05, 4.69) is 11.4 Å². The fourth-order valence-electron chi connectivity index (χ4n) is 2.68. The number of nitrogens with zero attached hydrogens (tertiary/aromatic N) is 1. The molecule has 0 saturated heterocycles. The average Bonchev–Trinajstić information content (AvgIpc) is 2.57. The van der Waals surface area contributed by atoms with Gasteiger partial charge in [-0.2, -0.15) is 0 Å². The lowest BCUT2D eigenvalue weighted by Crippen LogP contribution is -2.40. The predicted octanol–water partition coefficient (Wildman–Crippen LogP) is 1.45. The molecule has 0 radical (unpaired) electrons. The highest BCUT2D eigenvalue weighted by Crippen LogP contribution is 2.38. The van der Waals surface area contributed by atoms with Gasteiger partial charge in [-0.05, 0) is 13.5 Å². The van der Waals surface area contributed by atoms with E-state index in [1.54, 1.807) is 0 Å². The minimum Gasteiger partial charge on any atom is -0.756 e. The van der Waals surface area contributed by atoms with Crippen molar-refractivity contribution in [2.45, 2.75) is 77.2 Å². The Morgan fingerprint density at radius 2 is 1.56 bits per heavy atom. The number of hydrogen-bond donors (Lipinski definition) is 1. The molecule has 8 nitrogen and oxygen atoms in total. The molecule has 0 bridgehead atoms. The van der Waals surface area contributed by atoms with Crippen LogP contribution in [0.15, 0.2) is 0 Å². The summed E-state index contributed by atoms with van der Waals surface area (Å²) in [6.07, 6.45) is 10.3. The number of unbranched alkanes of at least 4 members (excludes halogenated alkanes) is 9. The van der Waals surface area contributed by atoms with Crippen molar-refractivity contribution >= 4 is 13.8 Å². The lowest BCUT2D eigenvalue weighted by molar-refractivity contribution is -0.306. The number of hydrogen-bond acceptors (Lipinski definition) is 8. The Labute approximate surface area is 163 Å². The molecule has 1 N–H and O–H groups in total. The molecule has 0 spiro atoms. The largest absolute Gasteiger partial charge is 0.756 e. The third kappa shape index (κ3) is 18.6. The van der Waals surface area contributed by atoms with Gasteiger partial charge in [0.15, 0.2) is 0 Å². The number of carboxylic acid groups (broad SMARTS) is 1. The van der Waals surface area contributed by atoms with E-state index in [-0.39, 0.29) is 19.7 Å². The molecule has 162 valence electrons. The molecule has 0 heterocycles. The number of carbonyl (C=O) groups excluding carboxylic acids is 1. The van der Waals surface area contributed by atoms with Crippen molar-refractivity contribution in [3.63, 3.8) is 0 Å². The summed E-state index contributed by atoms with van der Waals surface area (Å²) >= 11 is 0. The van der Waals surface area contributed by atoms with Gasteiger partial charge in [0, 0.05) is 13.1 Å². The summed E-state index contributed by atoms with van der Waals surface area (Å²) in [7, 11) is -2.98. The maximum absolute atomic E-state index is 11.6. The second-order valence-corrected chi connectivity index (χ2v) is 8.39. The van der Waals surface area contributed by atoms with E-state index in [0.717, 1.165) is 19.3 Å². The van der Waals surface area contributed by atoms with Crippen molar-refractivity contribution in [3.8, 4) is 0 Å². The van der Waals surface area contributed by atoms with Crippen LogP contribution in [0.2, 0.25) is 0 Å². The standard InChI is InChI=1S/C18H38NO7P/c1-3-4-5-6-7-8-9-10-11-12-13-25-27(23,24)26-16-17(20)14-19(2)15-18(21)22/h17,20H,3-16H2,1-2H3,(H,21,22)(H,23,24)/p-2. The molecular formula is C18H36NO7P-2. The fraction of sp³-hybridized carbons (Fsp3) is 0.944. The van der Waals surface area contributed by atoms with E-state index in [9.17, 15) is 24.5 Å². The lowest BCUT2D eigenvalue weighted by Gasteiger charge is -2.26. The van der Waals surface area contributed by atoms with Crippen LogP contribution in [-0.4, -0.2) is 55.4 Å². The Hall–Kier alpha value is -0.500. The number of aliphatic hydroxyl groups is 1. The number of likely N-dealkylation sites (N-methyl/N-ethyl adjacent to an activating group) is 1. The Morgan fingerprint density at radius 1 is 1.04 bits per heavy atom. The van der Waals surface area contributed by atoms with Gasteiger partial charge in [0.1, 0.15) is 0 Å². The Balaban J connectivity index is 3.62. The lowest BCUT2D eigenvalue weighted by atomic mass is 10.1. The van der Waals surface area contributed by atoms with Crippen molar-refractivity contribution in [2.24, 2.45) is 0 Å². The van der Waals surface area contributed by atoms with Crippen LogP contribution in [-0.2, 0) is 18.4 Å². The molecular weight excluding hydrogens is 373 g/mol. The number of rotatable bonds is 19. The van der Waals surface area contributed by atoms with Crippen molar-refractivity contribution in [1.29, 1.82) is 0 Å². The Morgan fingerprint density at radius 3 is 2.07 bits per heavy atom. The number of phosphoric acid groups is 1. The highest BCUT2D eigenvalue weighted by Gasteiger charge is 2.14. The molecule has 0 aliphatic heterocycles. The number of aliphatic carboxylic acids is 1. The van der Waals surface area contributed by atoms with Crippen LogP contribution in [0.3, 0.4) is 0 Å². The average molecular weight is 409 g/mol. The van der Waals surface area contributed by atoms with Gasteiger partial charge in [0.25, 0.3) is 7.82 Å². The number of carbonyl (C=O) groups is 1. The normalized spacial score (nSPS) is 15.0. The van der Waals surface area contributed by atoms with Crippen LogP contribution in [0.25, 0.3) is 0 Å². The molecule has 0 aliphatic carbocycles. The van der Waals surface area contributed by atoms with Gasteiger partial charge in [0.2, 0.25) is 0 Å². The first kappa shape index (κ1) is 26.5. The van der Waals surface area contributed by atoms with E-state index >= 15 is 0 Å². The van der Waals surface area contributed by atoms with E-state index in [1.165, 1.54) is 50.5 Å². The van der Waals surface area contributed by atoms with Crippen molar-refractivity contribution < 1.29 is 33.5 Å². The first-order valence-electron chi connectivity index (χ1n) is 9.93. The van der Waals surface area contributed by atoms with Gasteiger partial charge in [-0.1, -0.05) is 64.7 Å². The van der Waals surface area contributed by atoms with Crippen molar-refractivity contribution in [2.75, 3.05) is 33.4 Å². The molecule has 0 amide bonds. The van der Waals surface area contributed by atoms with Crippen LogP contribution in [0, 0.1) is 0 Å². The van der Waals surface area contributed by atoms with Crippen LogP contribution >= 0.6 is 7.82 Å². The molecule has 0 aromatic carbocycles. The molecule has 2 unspecified atom stereocenters. The summed E-state index contributed by atoms with van der Waals surface area (Å²) in [4.78, 5) is 23.3. The molecule has 0 aromatic rings. The summed E-state index contributed by atoms with van der Waals surface area (Å²) < 4.78 is 21.0. The second-order valence-electron chi connectivity index (χ2n) is 6.98. The van der Waals surface area contributed by atoms with Gasteiger partial charge < -0.3 is 28.9 Å². The van der Waals surface area contributed by atoms with Gasteiger partial charge in [-0.3, -0.25) is 9.46 Å². The zero-order valence-corrected chi connectivity index (χ0v) is 17.7. The quantitative estimate of drug-likeness (QED) is 0.251. The zero-order valence-electron chi connectivity index (χ0n) is 16.8. The first-order chi connectivity index (χ1) is 12.8. The topological polar surface area (TPSA) is 122 Å². The van der Waals surface area contributed by atoms with Gasteiger partial charge in [-0.15, -0.1) is 0 Å². The van der Waals surface area contributed by atoms with E-state index < -0.39 is 26.5 Å². The SMILES string of the molecule is CCCCCCCCCCCCOP(=O)([O-])OCC(O)CN(C)CC(=O)[O-]. The second kappa shape index (κ2) is 16.5. The summed E-state index contributed by atoms with van der Waals surface area (Å²) in [6, 6.07) is 0. The Bertz CT molecular complexity index is 423. The van der Waals surface area contributed by atoms with E-state index in [0.29, 0.717) is 6.42 Å². The number of carboxylic acids is 1.